The van der Waals surface area contributed by atoms with Gasteiger partial charge in [0.25, 0.3) is 0 Å². The second-order valence-corrected chi connectivity index (χ2v) is 11.8. The van der Waals surface area contributed by atoms with Crippen molar-refractivity contribution < 1.29 is 0 Å². The molecule has 0 unspecified atom stereocenters. The summed E-state index contributed by atoms with van der Waals surface area (Å²) in [5.41, 5.74) is 8.00. The molecule has 0 atom stereocenters. The van der Waals surface area contributed by atoms with Gasteiger partial charge in [0.1, 0.15) is 5.65 Å². The molecule has 10 aromatic rings. The highest BCUT2D eigenvalue weighted by molar-refractivity contribution is 7.26. The Hall–Kier alpha value is -5.19. The molecule has 0 bridgehead atoms. The minimum Gasteiger partial charge on any atom is -0.309 e. The van der Waals surface area contributed by atoms with Crippen molar-refractivity contribution >= 4 is 91.7 Å². The highest BCUT2D eigenvalue weighted by atomic mass is 32.1. The summed E-state index contributed by atoms with van der Waals surface area (Å²) >= 11 is 1.88. The zero-order valence-electron chi connectivity index (χ0n) is 21.9. The van der Waals surface area contributed by atoms with E-state index >= 15 is 0 Å². The van der Waals surface area contributed by atoms with Crippen LogP contribution in [0.2, 0.25) is 0 Å². The SMILES string of the molecule is c1ccc(-n2c3ccccc3c3ccc4c(c5ccc6c7ccccc7sc6c5n5c6ccccc6nc45)c32)cc1. The molecule has 0 saturated heterocycles. The predicted molar refractivity (Wildman–Crippen MR) is 175 cm³/mol. The summed E-state index contributed by atoms with van der Waals surface area (Å²) in [6.45, 7) is 0. The van der Waals surface area contributed by atoms with Gasteiger partial charge in [-0.3, -0.25) is 4.40 Å². The lowest BCUT2D eigenvalue weighted by Crippen LogP contribution is -1.97. The molecule has 0 radical (unpaired) electrons. The molecular weight excluding hydrogens is 518 g/mol. The van der Waals surface area contributed by atoms with E-state index < -0.39 is 0 Å². The minimum atomic E-state index is 1.01. The Bertz CT molecular complexity index is 2690. The second-order valence-electron chi connectivity index (χ2n) is 10.8. The van der Waals surface area contributed by atoms with Crippen LogP contribution in [0.15, 0.2) is 127 Å². The van der Waals surface area contributed by atoms with Crippen LogP contribution in [0, 0.1) is 0 Å². The summed E-state index contributed by atoms with van der Waals surface area (Å²) in [6.07, 6.45) is 0. The van der Waals surface area contributed by atoms with Gasteiger partial charge < -0.3 is 4.57 Å². The maximum atomic E-state index is 5.28. The Morgan fingerprint density at radius 1 is 0.488 bits per heavy atom. The highest BCUT2D eigenvalue weighted by Crippen LogP contribution is 2.45. The number of benzene rings is 6. The standard InChI is InChI=1S/C37H21N3S/c1-2-10-22(11-3-1)39-30-15-7-4-12-23(30)25-18-21-28-33(34(25)39)27-20-19-26-24-13-5-9-17-32(24)41-36(26)35(27)40-31-16-8-6-14-29(31)38-37(28)40/h1-21H. The van der Waals surface area contributed by atoms with Crippen LogP contribution in [0.5, 0.6) is 0 Å². The Balaban J connectivity index is 1.57. The van der Waals surface area contributed by atoms with Crippen molar-refractivity contribution in [2.75, 3.05) is 0 Å². The number of hydrogen-bond donors (Lipinski definition) is 0. The summed E-state index contributed by atoms with van der Waals surface area (Å²) in [7, 11) is 0. The van der Waals surface area contributed by atoms with Crippen LogP contribution < -0.4 is 0 Å². The van der Waals surface area contributed by atoms with Crippen LogP contribution in [0.1, 0.15) is 0 Å². The maximum absolute atomic E-state index is 5.28. The van der Waals surface area contributed by atoms with E-state index in [2.05, 4.69) is 136 Å². The molecule has 0 spiro atoms. The first-order chi connectivity index (χ1) is 20.4. The van der Waals surface area contributed by atoms with Crippen LogP contribution in [0.25, 0.3) is 86.0 Å². The molecule has 0 N–H and O–H groups in total. The molecule has 190 valence electrons. The topological polar surface area (TPSA) is 22.2 Å². The van der Waals surface area contributed by atoms with Gasteiger partial charge in [-0.05, 0) is 42.5 Å². The number of para-hydroxylation sites is 4. The van der Waals surface area contributed by atoms with Crippen LogP contribution in [-0.2, 0) is 0 Å². The van der Waals surface area contributed by atoms with Crippen LogP contribution in [0.3, 0.4) is 0 Å². The summed E-state index contributed by atoms with van der Waals surface area (Å²) in [5.74, 6) is 0. The quantitative estimate of drug-likeness (QED) is 0.190. The number of fused-ring (bicyclic) bond motifs is 16. The third-order valence-corrected chi connectivity index (χ3v) is 9.86. The van der Waals surface area contributed by atoms with E-state index in [1.54, 1.807) is 0 Å². The molecule has 0 aliphatic rings. The fraction of sp³-hybridized carbons (Fsp3) is 0. The summed E-state index contributed by atoms with van der Waals surface area (Å²) < 4.78 is 7.47. The molecule has 41 heavy (non-hydrogen) atoms. The molecule has 0 aliphatic heterocycles. The Morgan fingerprint density at radius 2 is 1.17 bits per heavy atom. The van der Waals surface area contributed by atoms with E-state index in [9.17, 15) is 0 Å². The van der Waals surface area contributed by atoms with Gasteiger partial charge in [0, 0.05) is 48.1 Å². The second kappa shape index (κ2) is 7.72. The number of hydrogen-bond acceptors (Lipinski definition) is 2. The normalized spacial score (nSPS) is 12.4. The molecule has 4 aromatic heterocycles. The zero-order chi connectivity index (χ0) is 26.7. The average molecular weight is 540 g/mol. The zero-order valence-corrected chi connectivity index (χ0v) is 22.7. The Morgan fingerprint density at radius 3 is 2.07 bits per heavy atom. The molecule has 4 heteroatoms. The third kappa shape index (κ3) is 2.70. The van der Waals surface area contributed by atoms with Crippen molar-refractivity contribution in [1.29, 1.82) is 0 Å². The first kappa shape index (κ1) is 21.6. The minimum absolute atomic E-state index is 1.01. The number of rotatable bonds is 1. The predicted octanol–water partition coefficient (Wildman–Crippen LogP) is 10.3. The number of aromatic nitrogens is 3. The average Bonchev–Trinajstić information content (AvgIpc) is 3.71. The van der Waals surface area contributed by atoms with Gasteiger partial charge in [0.2, 0.25) is 0 Å². The largest absolute Gasteiger partial charge is 0.309 e. The first-order valence-electron chi connectivity index (χ1n) is 13.9. The molecule has 4 heterocycles. The lowest BCUT2D eigenvalue weighted by molar-refractivity contribution is 1.19. The lowest BCUT2D eigenvalue weighted by Gasteiger charge is -2.14. The summed E-state index contributed by atoms with van der Waals surface area (Å²) in [5, 5.41) is 8.80. The Labute approximate surface area is 238 Å². The van der Waals surface area contributed by atoms with Crippen molar-refractivity contribution in [2.24, 2.45) is 0 Å². The lowest BCUT2D eigenvalue weighted by atomic mass is 10.0. The van der Waals surface area contributed by atoms with Crippen LogP contribution in [-0.4, -0.2) is 14.0 Å². The Kier molecular flexibility index (Phi) is 4.07. The van der Waals surface area contributed by atoms with E-state index in [0.717, 1.165) is 22.4 Å². The smallest absolute Gasteiger partial charge is 0.146 e. The number of pyridine rings is 1. The fourth-order valence-corrected chi connectivity index (χ4v) is 8.23. The third-order valence-electron chi connectivity index (χ3n) is 8.67. The van der Waals surface area contributed by atoms with Crippen LogP contribution in [0.4, 0.5) is 0 Å². The summed E-state index contributed by atoms with van der Waals surface area (Å²) in [4.78, 5) is 5.28. The molecule has 0 fully saturated rings. The summed E-state index contributed by atoms with van der Waals surface area (Å²) in [6, 6.07) is 46.1. The van der Waals surface area contributed by atoms with E-state index in [4.69, 9.17) is 4.98 Å². The van der Waals surface area contributed by atoms with Gasteiger partial charge >= 0.3 is 0 Å². The van der Waals surface area contributed by atoms with E-state index in [-0.39, 0.29) is 0 Å². The fourth-order valence-electron chi connectivity index (χ4n) is 6.99. The molecule has 0 saturated carbocycles. The van der Waals surface area contributed by atoms with E-state index in [1.165, 1.54) is 63.7 Å². The van der Waals surface area contributed by atoms with Crippen molar-refractivity contribution in [2.45, 2.75) is 0 Å². The molecule has 6 aromatic carbocycles. The number of imidazole rings is 1. The first-order valence-corrected chi connectivity index (χ1v) is 14.7. The van der Waals surface area contributed by atoms with Crippen molar-refractivity contribution in [1.82, 2.24) is 14.0 Å². The molecular formula is C37H21N3S. The highest BCUT2D eigenvalue weighted by Gasteiger charge is 2.22. The van der Waals surface area contributed by atoms with Crippen molar-refractivity contribution in [3.8, 4) is 5.69 Å². The van der Waals surface area contributed by atoms with Crippen molar-refractivity contribution in [3.05, 3.63) is 127 Å². The van der Waals surface area contributed by atoms with Gasteiger partial charge in [0.15, 0.2) is 0 Å². The monoisotopic (exact) mass is 539 g/mol. The van der Waals surface area contributed by atoms with Gasteiger partial charge in [-0.2, -0.15) is 0 Å². The van der Waals surface area contributed by atoms with Crippen molar-refractivity contribution in [3.63, 3.8) is 0 Å². The number of thiophene rings is 1. The molecule has 0 amide bonds. The molecule has 10 rings (SSSR count). The molecule has 0 aliphatic carbocycles. The van der Waals surface area contributed by atoms with E-state index in [1.807, 2.05) is 11.3 Å². The van der Waals surface area contributed by atoms with Gasteiger partial charge in [-0.25, -0.2) is 4.98 Å². The van der Waals surface area contributed by atoms with Gasteiger partial charge in [0.05, 0.1) is 32.3 Å². The molecule has 3 nitrogen and oxygen atoms in total. The van der Waals surface area contributed by atoms with Crippen LogP contribution >= 0.6 is 11.3 Å². The van der Waals surface area contributed by atoms with E-state index in [0.29, 0.717) is 0 Å². The maximum Gasteiger partial charge on any atom is 0.146 e. The number of nitrogens with zero attached hydrogens (tertiary/aromatic N) is 3. The van der Waals surface area contributed by atoms with Gasteiger partial charge in [-0.1, -0.05) is 84.9 Å². The van der Waals surface area contributed by atoms with Gasteiger partial charge in [-0.15, -0.1) is 11.3 Å².